The fraction of sp³-hybridized carbons (Fsp3) is 0.818. The zero-order chi connectivity index (χ0) is 11.4. The van der Waals surface area contributed by atoms with Gasteiger partial charge < -0.3 is 11.1 Å². The number of hydrogen-bond donors (Lipinski definition) is 2. The summed E-state index contributed by atoms with van der Waals surface area (Å²) >= 11 is 0. The highest BCUT2D eigenvalue weighted by Gasteiger charge is 2.30. The average Bonchev–Trinajstić information content (AvgIpc) is 2.18. The van der Waals surface area contributed by atoms with Crippen molar-refractivity contribution in [1.29, 1.82) is 0 Å². The zero-order valence-electron chi connectivity index (χ0n) is 9.45. The number of nitrogens with one attached hydrogen (secondary N) is 1. The molecule has 15 heavy (non-hydrogen) atoms. The van der Waals surface area contributed by atoms with Gasteiger partial charge in [-0.3, -0.25) is 9.59 Å². The molecule has 0 spiro atoms. The number of amides is 2. The van der Waals surface area contributed by atoms with E-state index in [0.717, 1.165) is 12.8 Å². The molecule has 1 fully saturated rings. The zero-order valence-corrected chi connectivity index (χ0v) is 9.45. The minimum absolute atomic E-state index is 0.0205. The molecule has 86 valence electrons. The number of hydrogen-bond acceptors (Lipinski definition) is 2. The van der Waals surface area contributed by atoms with Crippen molar-refractivity contribution in [3.8, 4) is 0 Å². The molecule has 4 nitrogen and oxygen atoms in total. The predicted octanol–water partition coefficient (Wildman–Crippen LogP) is 0.660. The second-order valence-corrected chi connectivity index (χ2v) is 4.69. The minimum Gasteiger partial charge on any atom is -0.368 e. The molecule has 1 rings (SSSR count). The van der Waals surface area contributed by atoms with Crippen LogP contribution in [-0.4, -0.2) is 18.4 Å². The van der Waals surface area contributed by atoms with E-state index in [1.165, 1.54) is 6.42 Å². The molecule has 0 heterocycles. The van der Waals surface area contributed by atoms with Gasteiger partial charge in [-0.1, -0.05) is 20.3 Å². The Balaban J connectivity index is 2.45. The Morgan fingerprint density at radius 3 is 2.60 bits per heavy atom. The first-order valence-electron chi connectivity index (χ1n) is 5.56. The average molecular weight is 212 g/mol. The summed E-state index contributed by atoms with van der Waals surface area (Å²) in [5, 5.41) is 2.59. The third kappa shape index (κ3) is 3.53. The van der Waals surface area contributed by atoms with Crippen LogP contribution < -0.4 is 11.1 Å². The van der Waals surface area contributed by atoms with Gasteiger partial charge in [-0.25, -0.2) is 0 Å². The Kier molecular flexibility index (Phi) is 4.12. The van der Waals surface area contributed by atoms with Crippen molar-refractivity contribution in [2.45, 2.75) is 33.1 Å². The van der Waals surface area contributed by atoms with Gasteiger partial charge in [0.05, 0.1) is 6.54 Å². The van der Waals surface area contributed by atoms with E-state index in [1.807, 2.05) is 0 Å². The van der Waals surface area contributed by atoms with Gasteiger partial charge in [0.25, 0.3) is 0 Å². The number of carbonyl (C=O) groups is 2. The molecule has 0 aromatic heterocycles. The number of nitrogens with two attached hydrogens (primary N) is 1. The molecule has 0 aromatic carbocycles. The first-order chi connectivity index (χ1) is 7.00. The number of carbonyl (C=O) groups excluding carboxylic acids is 2. The Hall–Kier alpha value is -1.06. The molecular weight excluding hydrogens is 192 g/mol. The maximum atomic E-state index is 11.7. The van der Waals surface area contributed by atoms with E-state index in [2.05, 4.69) is 19.2 Å². The lowest BCUT2D eigenvalue weighted by Crippen LogP contribution is -2.41. The van der Waals surface area contributed by atoms with E-state index in [-0.39, 0.29) is 18.4 Å². The summed E-state index contributed by atoms with van der Waals surface area (Å²) in [7, 11) is 0. The smallest absolute Gasteiger partial charge is 0.236 e. The third-order valence-corrected chi connectivity index (χ3v) is 3.23. The molecule has 1 aliphatic carbocycles. The molecule has 3 atom stereocenters. The van der Waals surface area contributed by atoms with E-state index >= 15 is 0 Å². The summed E-state index contributed by atoms with van der Waals surface area (Å²) in [6.07, 6.45) is 3.21. The van der Waals surface area contributed by atoms with Gasteiger partial charge >= 0.3 is 0 Å². The van der Waals surface area contributed by atoms with E-state index in [0.29, 0.717) is 11.8 Å². The van der Waals surface area contributed by atoms with Gasteiger partial charge in [-0.15, -0.1) is 0 Å². The Morgan fingerprint density at radius 1 is 1.33 bits per heavy atom. The topological polar surface area (TPSA) is 72.2 Å². The highest BCUT2D eigenvalue weighted by atomic mass is 16.2. The molecule has 0 saturated heterocycles. The lowest BCUT2D eigenvalue weighted by molar-refractivity contribution is -0.130. The van der Waals surface area contributed by atoms with Crippen LogP contribution in [0.1, 0.15) is 33.1 Å². The fourth-order valence-corrected chi connectivity index (χ4v) is 2.20. The van der Waals surface area contributed by atoms with Crippen LogP contribution in [0.3, 0.4) is 0 Å². The lowest BCUT2D eigenvalue weighted by atomic mass is 9.75. The van der Waals surface area contributed by atoms with Crippen molar-refractivity contribution in [3.63, 3.8) is 0 Å². The fourth-order valence-electron chi connectivity index (χ4n) is 2.20. The van der Waals surface area contributed by atoms with Crippen LogP contribution in [0, 0.1) is 17.8 Å². The van der Waals surface area contributed by atoms with Crippen LogP contribution in [0.15, 0.2) is 0 Å². The first-order valence-corrected chi connectivity index (χ1v) is 5.56. The number of rotatable bonds is 3. The lowest BCUT2D eigenvalue weighted by Gasteiger charge is -2.31. The summed E-state index contributed by atoms with van der Waals surface area (Å²) in [5.74, 6) is 0.556. The van der Waals surface area contributed by atoms with Gasteiger partial charge in [0.2, 0.25) is 11.8 Å². The van der Waals surface area contributed by atoms with Crippen molar-refractivity contribution >= 4 is 11.8 Å². The maximum Gasteiger partial charge on any atom is 0.236 e. The Morgan fingerprint density at radius 2 is 2.00 bits per heavy atom. The summed E-state index contributed by atoms with van der Waals surface area (Å²) in [6, 6.07) is 0. The molecule has 2 unspecified atom stereocenters. The van der Waals surface area contributed by atoms with Gasteiger partial charge in [-0.05, 0) is 24.7 Å². The van der Waals surface area contributed by atoms with Crippen molar-refractivity contribution in [1.82, 2.24) is 5.32 Å². The molecule has 1 aliphatic rings. The van der Waals surface area contributed by atoms with E-state index in [9.17, 15) is 9.59 Å². The van der Waals surface area contributed by atoms with E-state index in [1.54, 1.807) is 0 Å². The molecule has 0 radical (unpaired) electrons. The molecule has 0 aliphatic heterocycles. The molecule has 2 amide bonds. The summed E-state index contributed by atoms with van der Waals surface area (Å²) in [4.78, 5) is 22.3. The molecular formula is C11H20N2O2. The molecule has 4 heteroatoms. The van der Waals surface area contributed by atoms with Crippen LogP contribution >= 0.6 is 0 Å². The van der Waals surface area contributed by atoms with Crippen LogP contribution in [0.4, 0.5) is 0 Å². The van der Waals surface area contributed by atoms with Crippen LogP contribution in [0.25, 0.3) is 0 Å². The molecule has 1 saturated carbocycles. The monoisotopic (exact) mass is 212 g/mol. The standard InChI is InChI=1S/C11H20N2O2/c1-7-3-4-8(2)9(5-7)11(15)13-6-10(12)14/h7-9H,3-6H2,1-2H3,(H2,12,14)(H,13,15)/t7?,8?,9-/m0/s1. The van der Waals surface area contributed by atoms with Crippen LogP contribution in [0.5, 0.6) is 0 Å². The summed E-state index contributed by atoms with van der Waals surface area (Å²) < 4.78 is 0. The Labute approximate surface area is 90.6 Å². The maximum absolute atomic E-state index is 11.7. The second kappa shape index (κ2) is 5.14. The van der Waals surface area contributed by atoms with Gasteiger partial charge in [0, 0.05) is 5.92 Å². The van der Waals surface area contributed by atoms with Crippen molar-refractivity contribution in [3.05, 3.63) is 0 Å². The molecule has 3 N–H and O–H groups in total. The highest BCUT2D eigenvalue weighted by Crippen LogP contribution is 2.33. The van der Waals surface area contributed by atoms with E-state index in [4.69, 9.17) is 5.73 Å². The van der Waals surface area contributed by atoms with Gasteiger partial charge in [-0.2, -0.15) is 0 Å². The summed E-state index contributed by atoms with van der Waals surface area (Å²) in [6.45, 7) is 4.22. The van der Waals surface area contributed by atoms with E-state index < -0.39 is 5.91 Å². The largest absolute Gasteiger partial charge is 0.368 e. The van der Waals surface area contributed by atoms with Crippen molar-refractivity contribution in [2.24, 2.45) is 23.5 Å². The van der Waals surface area contributed by atoms with Gasteiger partial charge in [0.15, 0.2) is 0 Å². The first kappa shape index (κ1) is 12.0. The van der Waals surface area contributed by atoms with Crippen LogP contribution in [0.2, 0.25) is 0 Å². The minimum atomic E-state index is -0.486. The third-order valence-electron chi connectivity index (χ3n) is 3.23. The van der Waals surface area contributed by atoms with Crippen LogP contribution in [-0.2, 0) is 9.59 Å². The summed E-state index contributed by atoms with van der Waals surface area (Å²) in [5.41, 5.74) is 4.98. The van der Waals surface area contributed by atoms with Gasteiger partial charge in [0.1, 0.15) is 0 Å². The van der Waals surface area contributed by atoms with Crippen molar-refractivity contribution in [2.75, 3.05) is 6.54 Å². The molecule has 0 bridgehead atoms. The predicted molar refractivity (Wildman–Crippen MR) is 57.9 cm³/mol. The normalized spacial score (nSPS) is 30.9. The highest BCUT2D eigenvalue weighted by molar-refractivity contribution is 5.85. The SMILES string of the molecule is CC1CCC(C)[C@@H](C(=O)NCC(N)=O)C1. The Bertz CT molecular complexity index is 253. The number of primary amides is 1. The van der Waals surface area contributed by atoms with Crippen molar-refractivity contribution < 1.29 is 9.59 Å². The second-order valence-electron chi connectivity index (χ2n) is 4.69. The quantitative estimate of drug-likeness (QED) is 0.721. The molecule has 0 aromatic rings.